The molecule has 3 aliphatic heterocycles. The lowest BCUT2D eigenvalue weighted by Crippen LogP contribution is -2.59. The number of rotatable bonds is 7. The summed E-state index contributed by atoms with van der Waals surface area (Å²) in [5.74, 6) is 0. The van der Waals surface area contributed by atoms with Gasteiger partial charge >= 0.3 is 0 Å². The molecule has 0 spiro atoms. The fourth-order valence-electron chi connectivity index (χ4n) is 3.85. The van der Waals surface area contributed by atoms with Crippen LogP contribution in [-0.2, 0) is 9.47 Å². The monoisotopic (exact) mass is 386 g/mol. The second kappa shape index (κ2) is 13.2. The molecule has 3 heterocycles. The van der Waals surface area contributed by atoms with Crippen LogP contribution in [0, 0.1) is 0 Å². The van der Waals surface area contributed by atoms with E-state index >= 15 is 0 Å². The summed E-state index contributed by atoms with van der Waals surface area (Å²) in [7, 11) is 5.51. The summed E-state index contributed by atoms with van der Waals surface area (Å²) in [5, 5.41) is 6.92. The highest BCUT2D eigenvalue weighted by Gasteiger charge is 2.43. The molecule has 6 nitrogen and oxygen atoms in total. The standard InChI is InChI=1S/C11H22N2O.C8H14N2O.C2H6.2H2/c1-3-13-8-10-4-5-11(9-13,12-10)6-7-14-2;1-10-5-4-9-8(7-10)3-6-11-2;1-2;;/h10,12H,3-9H2,1-2H3;4-5,7,9H,3,6H2,1-2H3;1-2H3;2*1H. The minimum absolute atomic E-state index is 0. The van der Waals surface area contributed by atoms with Crippen LogP contribution in [0.15, 0.2) is 24.3 Å². The quantitative estimate of drug-likeness (QED) is 0.700. The number of methoxy groups -OCH3 is 2. The van der Waals surface area contributed by atoms with Crippen LogP contribution >= 0.6 is 0 Å². The number of nitrogens with one attached hydrogen (secondary N) is 2. The Bertz CT molecular complexity index is 466. The van der Waals surface area contributed by atoms with Gasteiger partial charge in [-0.25, -0.2) is 0 Å². The molecular weight excluding hydrogens is 340 g/mol. The van der Waals surface area contributed by atoms with Crippen molar-refractivity contribution in [3.05, 3.63) is 24.3 Å². The Hall–Kier alpha value is -1.08. The number of nitrogens with zero attached hydrogens (tertiary/aromatic N) is 2. The van der Waals surface area contributed by atoms with E-state index in [0.717, 1.165) is 32.1 Å². The number of piperazine rings is 1. The van der Waals surface area contributed by atoms with E-state index in [4.69, 9.17) is 9.47 Å². The van der Waals surface area contributed by atoms with E-state index in [0.29, 0.717) is 5.54 Å². The molecule has 2 atom stereocenters. The first-order chi connectivity index (χ1) is 13.1. The van der Waals surface area contributed by atoms with Gasteiger partial charge in [-0.3, -0.25) is 0 Å². The van der Waals surface area contributed by atoms with E-state index < -0.39 is 0 Å². The topological polar surface area (TPSA) is 49.0 Å². The molecule has 162 valence electrons. The Morgan fingerprint density at radius 2 is 2.00 bits per heavy atom. The van der Waals surface area contributed by atoms with Crippen LogP contribution in [0.5, 0.6) is 0 Å². The first-order valence-corrected chi connectivity index (χ1v) is 10.4. The highest BCUT2D eigenvalue weighted by atomic mass is 16.5. The zero-order valence-electron chi connectivity index (χ0n) is 18.4. The van der Waals surface area contributed by atoms with Crippen molar-refractivity contribution in [3.8, 4) is 0 Å². The predicted octanol–water partition coefficient (Wildman–Crippen LogP) is 3.24. The molecule has 27 heavy (non-hydrogen) atoms. The van der Waals surface area contributed by atoms with Gasteiger partial charge in [0.25, 0.3) is 0 Å². The molecule has 3 rings (SSSR count). The molecule has 0 aromatic carbocycles. The first kappa shape index (κ1) is 24.0. The van der Waals surface area contributed by atoms with E-state index in [1.807, 2.05) is 38.2 Å². The van der Waals surface area contributed by atoms with Crippen LogP contribution in [-0.4, -0.2) is 75.5 Å². The molecule has 6 heteroatoms. The first-order valence-electron chi connectivity index (χ1n) is 10.4. The summed E-state index contributed by atoms with van der Waals surface area (Å²) in [5.41, 5.74) is 1.56. The number of fused-ring (bicyclic) bond motifs is 2. The van der Waals surface area contributed by atoms with Crippen molar-refractivity contribution in [2.24, 2.45) is 0 Å². The smallest absolute Gasteiger partial charge is 0.0517 e. The number of likely N-dealkylation sites (tertiary alicyclic amines) is 1. The Morgan fingerprint density at radius 1 is 1.26 bits per heavy atom. The van der Waals surface area contributed by atoms with E-state index in [-0.39, 0.29) is 2.85 Å². The minimum atomic E-state index is 0. The van der Waals surface area contributed by atoms with Crippen LogP contribution in [0.2, 0.25) is 0 Å². The van der Waals surface area contributed by atoms with Crippen molar-refractivity contribution in [1.82, 2.24) is 20.4 Å². The maximum absolute atomic E-state index is 5.20. The summed E-state index contributed by atoms with van der Waals surface area (Å²) in [6.45, 7) is 11.5. The summed E-state index contributed by atoms with van der Waals surface area (Å²) >= 11 is 0. The van der Waals surface area contributed by atoms with Crippen LogP contribution in [0.3, 0.4) is 0 Å². The minimum Gasteiger partial charge on any atom is -0.385 e. The Labute approximate surface area is 169 Å². The number of likely N-dealkylation sites (N-methyl/N-ethyl adjacent to an activating group) is 1. The summed E-state index contributed by atoms with van der Waals surface area (Å²) < 4.78 is 10.2. The Kier molecular flexibility index (Phi) is 11.7. The van der Waals surface area contributed by atoms with E-state index in [2.05, 4.69) is 28.7 Å². The van der Waals surface area contributed by atoms with Crippen molar-refractivity contribution in [2.45, 2.75) is 58.0 Å². The van der Waals surface area contributed by atoms with Gasteiger partial charge in [0.2, 0.25) is 0 Å². The lowest BCUT2D eigenvalue weighted by Gasteiger charge is -2.41. The molecule has 0 saturated carbocycles. The third-order valence-electron chi connectivity index (χ3n) is 5.23. The van der Waals surface area contributed by atoms with Crippen LogP contribution < -0.4 is 10.6 Å². The average Bonchev–Trinajstić information content (AvgIpc) is 3.01. The molecule has 2 fully saturated rings. The average molecular weight is 387 g/mol. The molecule has 2 N–H and O–H groups in total. The second-order valence-corrected chi connectivity index (χ2v) is 7.25. The van der Waals surface area contributed by atoms with Gasteiger partial charge in [-0.1, -0.05) is 20.8 Å². The molecule has 2 unspecified atom stereocenters. The van der Waals surface area contributed by atoms with E-state index in [9.17, 15) is 0 Å². The van der Waals surface area contributed by atoms with Gasteiger partial charge in [-0.05, 0) is 25.8 Å². The molecule has 0 aromatic rings. The van der Waals surface area contributed by atoms with Gasteiger partial charge in [-0.2, -0.15) is 0 Å². The molecule has 2 saturated heterocycles. The number of ether oxygens (including phenoxy) is 2. The summed E-state index contributed by atoms with van der Waals surface area (Å²) in [6.07, 6.45) is 10.7. The lowest BCUT2D eigenvalue weighted by atomic mass is 9.93. The van der Waals surface area contributed by atoms with Gasteiger partial charge in [0, 0.05) is 86.1 Å². The SMILES string of the molecule is CC.CCN1CC2CCC(CCOC)(C1)N2.COCCC1=CN(C)C=CN1.[HH].[HH]. The van der Waals surface area contributed by atoms with Crippen molar-refractivity contribution >= 4 is 0 Å². The van der Waals surface area contributed by atoms with E-state index in [1.165, 1.54) is 38.2 Å². The van der Waals surface area contributed by atoms with Gasteiger partial charge in [-0.15, -0.1) is 0 Å². The fraction of sp³-hybridized carbons (Fsp3) is 0.810. The van der Waals surface area contributed by atoms with Crippen LogP contribution in [0.4, 0.5) is 0 Å². The lowest BCUT2D eigenvalue weighted by molar-refractivity contribution is 0.102. The highest BCUT2D eigenvalue weighted by molar-refractivity contribution is 5.09. The molecule has 3 aliphatic rings. The highest BCUT2D eigenvalue weighted by Crippen LogP contribution is 2.32. The molecule has 2 bridgehead atoms. The molecular formula is C21H46N4O2. The Morgan fingerprint density at radius 3 is 2.63 bits per heavy atom. The van der Waals surface area contributed by atoms with Crippen molar-refractivity contribution in [1.29, 1.82) is 0 Å². The maximum atomic E-state index is 5.20. The third-order valence-corrected chi connectivity index (χ3v) is 5.23. The van der Waals surface area contributed by atoms with Crippen LogP contribution in [0.25, 0.3) is 0 Å². The van der Waals surface area contributed by atoms with Crippen molar-refractivity contribution < 1.29 is 12.3 Å². The largest absolute Gasteiger partial charge is 0.385 e. The third kappa shape index (κ3) is 8.21. The van der Waals surface area contributed by atoms with Gasteiger partial charge in [0.1, 0.15) is 0 Å². The molecule has 0 amide bonds. The fourth-order valence-corrected chi connectivity index (χ4v) is 3.85. The zero-order valence-corrected chi connectivity index (χ0v) is 18.4. The van der Waals surface area contributed by atoms with Gasteiger partial charge in [0.05, 0.1) is 6.61 Å². The van der Waals surface area contributed by atoms with Crippen molar-refractivity contribution in [3.63, 3.8) is 0 Å². The maximum Gasteiger partial charge on any atom is 0.0517 e. The number of hydrogen-bond donors (Lipinski definition) is 2. The molecule has 0 aromatic heterocycles. The number of hydrogen-bond acceptors (Lipinski definition) is 6. The Balaban J connectivity index is 0. The van der Waals surface area contributed by atoms with Gasteiger partial charge in [0.15, 0.2) is 0 Å². The second-order valence-electron chi connectivity index (χ2n) is 7.25. The normalized spacial score (nSPS) is 26.4. The predicted molar refractivity (Wildman–Crippen MR) is 118 cm³/mol. The zero-order chi connectivity index (χ0) is 20.1. The summed E-state index contributed by atoms with van der Waals surface area (Å²) in [6, 6.07) is 0.737. The van der Waals surface area contributed by atoms with Crippen molar-refractivity contribution in [2.75, 3.05) is 54.1 Å². The van der Waals surface area contributed by atoms with E-state index in [1.54, 1.807) is 14.2 Å². The summed E-state index contributed by atoms with van der Waals surface area (Å²) in [4.78, 5) is 4.59. The molecule has 0 radical (unpaired) electrons. The molecule has 0 aliphatic carbocycles. The van der Waals surface area contributed by atoms with Gasteiger partial charge < -0.3 is 29.9 Å². The van der Waals surface area contributed by atoms with Crippen LogP contribution in [0.1, 0.15) is 49.3 Å².